The fourth-order valence-electron chi connectivity index (χ4n) is 4.63. The van der Waals surface area contributed by atoms with E-state index < -0.39 is 0 Å². The van der Waals surface area contributed by atoms with Gasteiger partial charge in [-0.15, -0.1) is 0 Å². The predicted octanol–water partition coefficient (Wildman–Crippen LogP) is 4.30. The number of hydrogen-bond acceptors (Lipinski definition) is 4. The lowest BCUT2D eigenvalue weighted by atomic mass is 9.74. The Labute approximate surface area is 178 Å². The minimum atomic E-state index is -0.107. The Morgan fingerprint density at radius 3 is 2.53 bits per heavy atom. The van der Waals surface area contributed by atoms with Crippen LogP contribution in [0.5, 0.6) is 11.5 Å². The molecule has 1 aliphatic heterocycles. The molecule has 0 bridgehead atoms. The molecule has 30 heavy (non-hydrogen) atoms. The Balaban J connectivity index is 1.35. The van der Waals surface area contributed by atoms with Crippen LogP contribution in [0.25, 0.3) is 0 Å². The van der Waals surface area contributed by atoms with Gasteiger partial charge in [0.05, 0.1) is 12.6 Å². The highest BCUT2D eigenvalue weighted by Gasteiger charge is 2.44. The average molecular weight is 411 g/mol. The molecular formula is C24H30N2O4. The molecule has 2 amide bonds. The molecule has 6 heteroatoms. The van der Waals surface area contributed by atoms with E-state index in [0.717, 1.165) is 49.3 Å². The molecule has 2 aromatic rings. The van der Waals surface area contributed by atoms with Gasteiger partial charge in [-0.05, 0) is 67.0 Å². The number of methoxy groups -OCH3 is 2. The van der Waals surface area contributed by atoms with Gasteiger partial charge in [0.25, 0.3) is 0 Å². The smallest absolute Gasteiger partial charge is 0.318 e. The molecule has 0 radical (unpaired) electrons. The van der Waals surface area contributed by atoms with Crippen molar-refractivity contribution in [1.29, 1.82) is 0 Å². The van der Waals surface area contributed by atoms with E-state index in [9.17, 15) is 4.79 Å². The third-order valence-electron chi connectivity index (χ3n) is 6.30. The minimum absolute atomic E-state index is 0.0410. The minimum Gasteiger partial charge on any atom is -0.497 e. The largest absolute Gasteiger partial charge is 0.497 e. The van der Waals surface area contributed by atoms with Crippen molar-refractivity contribution in [3.05, 3.63) is 59.7 Å². The Kier molecular flexibility index (Phi) is 6.13. The molecule has 0 aromatic heterocycles. The molecular weight excluding hydrogens is 380 g/mol. The highest BCUT2D eigenvalue weighted by atomic mass is 16.7. The number of nitrogens with zero attached hydrogens (tertiary/aromatic N) is 1. The van der Waals surface area contributed by atoms with Gasteiger partial charge in [0.15, 0.2) is 6.79 Å². The zero-order chi connectivity index (χ0) is 21.0. The zero-order valence-corrected chi connectivity index (χ0v) is 17.7. The molecule has 1 spiro atoms. The van der Waals surface area contributed by atoms with Gasteiger partial charge in [-0.1, -0.05) is 24.3 Å². The maximum Gasteiger partial charge on any atom is 0.318 e. The number of urea groups is 1. The molecule has 0 unspecified atom stereocenters. The summed E-state index contributed by atoms with van der Waals surface area (Å²) < 4.78 is 15.8. The normalized spacial score (nSPS) is 23.5. The van der Waals surface area contributed by atoms with Crippen molar-refractivity contribution in [2.75, 3.05) is 27.6 Å². The SMILES string of the molecule is COCOc1cccc(C2CCC3(CC2)CN(Cc2ccc(OC)cc2)C(=O)N3)c1. The quantitative estimate of drug-likeness (QED) is 0.692. The number of rotatable bonds is 7. The van der Waals surface area contributed by atoms with Gasteiger partial charge in [0.1, 0.15) is 11.5 Å². The second kappa shape index (κ2) is 8.96. The number of benzene rings is 2. The summed E-state index contributed by atoms with van der Waals surface area (Å²) in [7, 11) is 3.28. The van der Waals surface area contributed by atoms with Crippen LogP contribution in [0.3, 0.4) is 0 Å². The molecule has 1 saturated heterocycles. The van der Waals surface area contributed by atoms with Gasteiger partial charge in [-0.2, -0.15) is 0 Å². The average Bonchev–Trinajstić information content (AvgIpc) is 3.07. The topological polar surface area (TPSA) is 60.0 Å². The lowest BCUT2D eigenvalue weighted by molar-refractivity contribution is 0.0510. The number of amides is 2. The first-order valence-corrected chi connectivity index (χ1v) is 10.5. The van der Waals surface area contributed by atoms with E-state index in [1.54, 1.807) is 14.2 Å². The maximum absolute atomic E-state index is 12.6. The molecule has 1 heterocycles. The molecule has 2 fully saturated rings. The Morgan fingerprint density at radius 1 is 1.07 bits per heavy atom. The lowest BCUT2D eigenvalue weighted by Gasteiger charge is -2.37. The van der Waals surface area contributed by atoms with Crippen molar-refractivity contribution < 1.29 is 19.0 Å². The van der Waals surface area contributed by atoms with Crippen molar-refractivity contribution in [2.45, 2.75) is 43.7 Å². The molecule has 2 aromatic carbocycles. The van der Waals surface area contributed by atoms with Crippen LogP contribution in [-0.4, -0.2) is 44.0 Å². The predicted molar refractivity (Wildman–Crippen MR) is 115 cm³/mol. The van der Waals surface area contributed by atoms with Crippen molar-refractivity contribution in [2.24, 2.45) is 0 Å². The number of nitrogens with one attached hydrogen (secondary N) is 1. The monoisotopic (exact) mass is 410 g/mol. The molecule has 2 aliphatic rings. The van der Waals surface area contributed by atoms with Crippen LogP contribution >= 0.6 is 0 Å². The first-order valence-electron chi connectivity index (χ1n) is 10.5. The second-order valence-electron chi connectivity index (χ2n) is 8.31. The molecule has 1 N–H and O–H groups in total. The number of carbonyl (C=O) groups excluding carboxylic acids is 1. The maximum atomic E-state index is 12.6. The summed E-state index contributed by atoms with van der Waals surface area (Å²) in [5.41, 5.74) is 2.31. The van der Waals surface area contributed by atoms with Crippen LogP contribution < -0.4 is 14.8 Å². The van der Waals surface area contributed by atoms with Gasteiger partial charge in [-0.3, -0.25) is 0 Å². The summed E-state index contributed by atoms with van der Waals surface area (Å²) in [6.07, 6.45) is 4.10. The number of carbonyl (C=O) groups is 1. The molecule has 0 atom stereocenters. The summed E-state index contributed by atoms with van der Waals surface area (Å²) in [5.74, 6) is 2.17. The van der Waals surface area contributed by atoms with Crippen LogP contribution in [0.15, 0.2) is 48.5 Å². The first-order chi connectivity index (χ1) is 14.6. The highest BCUT2D eigenvalue weighted by Crippen LogP contribution is 2.41. The second-order valence-corrected chi connectivity index (χ2v) is 8.31. The van der Waals surface area contributed by atoms with Crippen LogP contribution in [0.1, 0.15) is 42.7 Å². The summed E-state index contributed by atoms with van der Waals surface area (Å²) in [5, 5.41) is 3.29. The van der Waals surface area contributed by atoms with Crippen LogP contribution in [-0.2, 0) is 11.3 Å². The van der Waals surface area contributed by atoms with Gasteiger partial charge < -0.3 is 24.4 Å². The third kappa shape index (κ3) is 4.54. The summed E-state index contributed by atoms with van der Waals surface area (Å²) in [4.78, 5) is 14.6. The molecule has 4 rings (SSSR count). The Morgan fingerprint density at radius 2 is 1.83 bits per heavy atom. The van der Waals surface area contributed by atoms with Crippen LogP contribution in [0, 0.1) is 0 Å². The van der Waals surface area contributed by atoms with E-state index in [4.69, 9.17) is 14.2 Å². The van der Waals surface area contributed by atoms with E-state index in [-0.39, 0.29) is 18.4 Å². The number of ether oxygens (including phenoxy) is 3. The third-order valence-corrected chi connectivity index (χ3v) is 6.30. The fourth-order valence-corrected chi connectivity index (χ4v) is 4.63. The van der Waals surface area contributed by atoms with Gasteiger partial charge in [-0.25, -0.2) is 4.79 Å². The van der Waals surface area contributed by atoms with E-state index in [2.05, 4.69) is 17.4 Å². The van der Waals surface area contributed by atoms with E-state index in [1.165, 1.54) is 5.56 Å². The van der Waals surface area contributed by atoms with Crippen LogP contribution in [0.4, 0.5) is 4.79 Å². The van der Waals surface area contributed by atoms with E-state index in [0.29, 0.717) is 12.5 Å². The summed E-state index contributed by atoms with van der Waals surface area (Å²) in [6.45, 7) is 1.65. The van der Waals surface area contributed by atoms with Crippen LogP contribution in [0.2, 0.25) is 0 Å². The first kappa shape index (κ1) is 20.5. The molecule has 6 nitrogen and oxygen atoms in total. The lowest BCUT2D eigenvalue weighted by Crippen LogP contribution is -2.46. The van der Waals surface area contributed by atoms with E-state index in [1.807, 2.05) is 41.3 Å². The highest BCUT2D eigenvalue weighted by molar-refractivity contribution is 5.78. The van der Waals surface area contributed by atoms with Crippen molar-refractivity contribution in [3.63, 3.8) is 0 Å². The van der Waals surface area contributed by atoms with Crippen molar-refractivity contribution >= 4 is 6.03 Å². The summed E-state index contributed by atoms with van der Waals surface area (Å²) in [6, 6.07) is 16.2. The number of hydrogen-bond donors (Lipinski definition) is 1. The van der Waals surface area contributed by atoms with E-state index >= 15 is 0 Å². The van der Waals surface area contributed by atoms with Gasteiger partial charge in [0.2, 0.25) is 0 Å². The molecule has 160 valence electrons. The summed E-state index contributed by atoms with van der Waals surface area (Å²) >= 11 is 0. The Bertz CT molecular complexity index is 860. The Hall–Kier alpha value is -2.73. The zero-order valence-electron chi connectivity index (χ0n) is 17.7. The van der Waals surface area contributed by atoms with Gasteiger partial charge >= 0.3 is 6.03 Å². The van der Waals surface area contributed by atoms with Crippen molar-refractivity contribution in [3.8, 4) is 11.5 Å². The van der Waals surface area contributed by atoms with Crippen molar-refractivity contribution in [1.82, 2.24) is 10.2 Å². The molecule has 1 aliphatic carbocycles. The standard InChI is InChI=1S/C24H30N2O4/c1-28-17-30-22-5-3-4-20(14-22)19-10-12-24(13-11-19)16-26(23(27)25-24)15-18-6-8-21(29-2)9-7-18/h3-9,14,19H,10-13,15-17H2,1-2H3,(H,25,27). The molecule has 1 saturated carbocycles. The fraction of sp³-hybridized carbons (Fsp3) is 0.458. The van der Waals surface area contributed by atoms with Gasteiger partial charge in [0, 0.05) is 20.2 Å².